The number of carbonyl (C=O) groups is 1. The number of nitrogens with zero attached hydrogens (tertiary/aromatic N) is 1. The van der Waals surface area contributed by atoms with Crippen LogP contribution in [-0.4, -0.2) is 37.5 Å². The van der Waals surface area contributed by atoms with Crippen LogP contribution in [0.15, 0.2) is 18.2 Å². The number of nitrogens with one attached hydrogen (secondary N) is 1. The van der Waals surface area contributed by atoms with Gasteiger partial charge in [-0.3, -0.25) is 4.79 Å². The maximum absolute atomic E-state index is 12.4. The highest BCUT2D eigenvalue weighted by Crippen LogP contribution is 2.16. The lowest BCUT2D eigenvalue weighted by Gasteiger charge is -2.27. The predicted molar refractivity (Wildman–Crippen MR) is 82.9 cm³/mol. The minimum atomic E-state index is 0.222. The molecule has 0 saturated carbocycles. The second kappa shape index (κ2) is 6.89. The van der Waals surface area contributed by atoms with Gasteiger partial charge in [-0.05, 0) is 57.3 Å². The van der Waals surface area contributed by atoms with E-state index >= 15 is 0 Å². The van der Waals surface area contributed by atoms with Crippen LogP contribution in [0.2, 0.25) is 0 Å². The average molecular weight is 274 g/mol. The summed E-state index contributed by atoms with van der Waals surface area (Å²) in [6.07, 6.45) is 2.90. The van der Waals surface area contributed by atoms with Crippen LogP contribution in [0.1, 0.15) is 29.5 Å². The van der Waals surface area contributed by atoms with Crippen molar-refractivity contribution in [3.8, 4) is 0 Å². The number of piperidine rings is 1. The monoisotopic (exact) mass is 274 g/mol. The van der Waals surface area contributed by atoms with Gasteiger partial charge in [0.2, 0.25) is 5.91 Å². The van der Waals surface area contributed by atoms with Gasteiger partial charge in [0.1, 0.15) is 0 Å². The van der Waals surface area contributed by atoms with E-state index in [0.717, 1.165) is 38.9 Å². The lowest BCUT2D eigenvalue weighted by molar-refractivity contribution is -0.134. The van der Waals surface area contributed by atoms with Crippen LogP contribution in [0.4, 0.5) is 0 Å². The lowest BCUT2D eigenvalue weighted by Crippen LogP contribution is -2.39. The average Bonchev–Trinajstić information content (AvgIpc) is 2.48. The second-order valence-electron chi connectivity index (χ2n) is 5.96. The van der Waals surface area contributed by atoms with Gasteiger partial charge in [0.25, 0.3) is 0 Å². The van der Waals surface area contributed by atoms with E-state index in [2.05, 4.69) is 37.4 Å². The molecule has 110 valence electrons. The molecule has 0 aromatic heterocycles. The van der Waals surface area contributed by atoms with Crippen LogP contribution >= 0.6 is 0 Å². The molecule has 20 heavy (non-hydrogen) atoms. The van der Waals surface area contributed by atoms with Gasteiger partial charge in [-0.25, -0.2) is 0 Å². The first-order chi connectivity index (χ1) is 9.58. The molecule has 1 N–H and O–H groups in total. The summed E-state index contributed by atoms with van der Waals surface area (Å²) >= 11 is 0. The smallest absolute Gasteiger partial charge is 0.225 e. The molecule has 1 aromatic rings. The molecule has 0 unspecified atom stereocenters. The maximum atomic E-state index is 12.4. The fourth-order valence-electron chi connectivity index (χ4n) is 2.85. The Kier molecular flexibility index (Phi) is 5.18. The highest BCUT2D eigenvalue weighted by Gasteiger charge is 2.23. The van der Waals surface area contributed by atoms with E-state index in [4.69, 9.17) is 0 Å². The zero-order valence-corrected chi connectivity index (χ0v) is 12.9. The first kappa shape index (κ1) is 15.0. The number of rotatable bonds is 4. The van der Waals surface area contributed by atoms with Crippen LogP contribution < -0.4 is 5.32 Å². The summed E-state index contributed by atoms with van der Waals surface area (Å²) in [6.45, 7) is 7.02. The Hall–Kier alpha value is -1.35. The number of hydrogen-bond donors (Lipinski definition) is 1. The summed E-state index contributed by atoms with van der Waals surface area (Å²) in [5.41, 5.74) is 3.96. The van der Waals surface area contributed by atoms with E-state index in [-0.39, 0.29) is 5.92 Å². The summed E-state index contributed by atoms with van der Waals surface area (Å²) in [6, 6.07) is 6.54. The van der Waals surface area contributed by atoms with Gasteiger partial charge in [-0.2, -0.15) is 0 Å². The molecule has 1 fully saturated rings. The summed E-state index contributed by atoms with van der Waals surface area (Å²) in [5.74, 6) is 0.539. The van der Waals surface area contributed by atoms with Gasteiger partial charge in [-0.15, -0.1) is 0 Å². The number of amides is 1. The first-order valence-corrected chi connectivity index (χ1v) is 7.60. The zero-order valence-electron chi connectivity index (χ0n) is 12.9. The Morgan fingerprint density at radius 1 is 1.30 bits per heavy atom. The van der Waals surface area contributed by atoms with Gasteiger partial charge in [0.15, 0.2) is 0 Å². The highest BCUT2D eigenvalue weighted by molar-refractivity contribution is 5.78. The standard InChI is InChI=1S/C17H26N2O/c1-13-4-5-14(2)16(12-13)8-11-19(3)17(20)15-6-9-18-10-7-15/h4-5,12,15,18H,6-11H2,1-3H3. The van der Waals surface area contributed by atoms with Crippen LogP contribution in [0, 0.1) is 19.8 Å². The number of likely N-dealkylation sites (N-methyl/N-ethyl adjacent to an activating group) is 1. The summed E-state index contributed by atoms with van der Waals surface area (Å²) in [5, 5.41) is 3.31. The van der Waals surface area contributed by atoms with Gasteiger partial charge in [-0.1, -0.05) is 23.8 Å². The second-order valence-corrected chi connectivity index (χ2v) is 5.96. The minimum absolute atomic E-state index is 0.222. The van der Waals surface area contributed by atoms with E-state index in [0.29, 0.717) is 5.91 Å². The van der Waals surface area contributed by atoms with E-state index < -0.39 is 0 Å². The molecular formula is C17H26N2O. The first-order valence-electron chi connectivity index (χ1n) is 7.60. The molecule has 0 spiro atoms. The molecule has 0 radical (unpaired) electrons. The fraction of sp³-hybridized carbons (Fsp3) is 0.588. The van der Waals surface area contributed by atoms with Crippen LogP contribution in [-0.2, 0) is 11.2 Å². The summed E-state index contributed by atoms with van der Waals surface area (Å²) < 4.78 is 0. The van der Waals surface area contributed by atoms with E-state index in [1.807, 2.05) is 11.9 Å². The molecule has 0 aliphatic carbocycles. The van der Waals surface area contributed by atoms with Crippen molar-refractivity contribution in [2.75, 3.05) is 26.7 Å². The maximum Gasteiger partial charge on any atom is 0.225 e. The third kappa shape index (κ3) is 3.83. The van der Waals surface area contributed by atoms with Gasteiger partial charge in [0, 0.05) is 19.5 Å². The Bertz CT molecular complexity index is 464. The quantitative estimate of drug-likeness (QED) is 0.914. The topological polar surface area (TPSA) is 32.3 Å². The number of hydrogen-bond acceptors (Lipinski definition) is 2. The van der Waals surface area contributed by atoms with Crippen LogP contribution in [0.3, 0.4) is 0 Å². The molecule has 1 aromatic carbocycles. The van der Waals surface area contributed by atoms with Crippen LogP contribution in [0.5, 0.6) is 0 Å². The molecule has 0 bridgehead atoms. The minimum Gasteiger partial charge on any atom is -0.345 e. The van der Waals surface area contributed by atoms with E-state index in [1.54, 1.807) is 0 Å². The third-order valence-corrected chi connectivity index (χ3v) is 4.29. The van der Waals surface area contributed by atoms with Gasteiger partial charge in [0.05, 0.1) is 0 Å². The third-order valence-electron chi connectivity index (χ3n) is 4.29. The van der Waals surface area contributed by atoms with Crippen molar-refractivity contribution in [2.24, 2.45) is 5.92 Å². The Balaban J connectivity index is 1.89. The van der Waals surface area contributed by atoms with Crippen molar-refractivity contribution in [1.82, 2.24) is 10.2 Å². The number of carbonyl (C=O) groups excluding carboxylic acids is 1. The van der Waals surface area contributed by atoms with E-state index in [1.165, 1.54) is 16.7 Å². The van der Waals surface area contributed by atoms with Crippen molar-refractivity contribution in [1.29, 1.82) is 0 Å². The fourth-order valence-corrected chi connectivity index (χ4v) is 2.85. The highest BCUT2D eigenvalue weighted by atomic mass is 16.2. The molecule has 1 aliphatic rings. The molecule has 3 heteroatoms. The van der Waals surface area contributed by atoms with Gasteiger partial charge >= 0.3 is 0 Å². The molecule has 2 rings (SSSR count). The normalized spacial score (nSPS) is 16.1. The molecular weight excluding hydrogens is 248 g/mol. The Labute approximate surface area is 122 Å². The molecule has 1 amide bonds. The SMILES string of the molecule is Cc1ccc(C)c(CCN(C)C(=O)C2CCNCC2)c1. The number of aryl methyl sites for hydroxylation is 2. The molecule has 0 atom stereocenters. The van der Waals surface area contributed by atoms with Crippen molar-refractivity contribution in [3.05, 3.63) is 34.9 Å². The summed E-state index contributed by atoms with van der Waals surface area (Å²) in [7, 11) is 1.94. The van der Waals surface area contributed by atoms with Crippen molar-refractivity contribution < 1.29 is 4.79 Å². The summed E-state index contributed by atoms with van der Waals surface area (Å²) in [4.78, 5) is 14.3. The zero-order chi connectivity index (χ0) is 14.5. The lowest BCUT2D eigenvalue weighted by atomic mass is 9.96. The Morgan fingerprint density at radius 2 is 2.00 bits per heavy atom. The largest absolute Gasteiger partial charge is 0.345 e. The predicted octanol–water partition coefficient (Wildman–Crippen LogP) is 2.30. The van der Waals surface area contributed by atoms with E-state index in [9.17, 15) is 4.79 Å². The van der Waals surface area contributed by atoms with Crippen molar-refractivity contribution in [3.63, 3.8) is 0 Å². The van der Waals surface area contributed by atoms with Crippen LogP contribution in [0.25, 0.3) is 0 Å². The van der Waals surface area contributed by atoms with Crippen molar-refractivity contribution >= 4 is 5.91 Å². The molecule has 1 aliphatic heterocycles. The van der Waals surface area contributed by atoms with Gasteiger partial charge < -0.3 is 10.2 Å². The Morgan fingerprint density at radius 3 is 2.70 bits per heavy atom. The molecule has 3 nitrogen and oxygen atoms in total. The number of benzene rings is 1. The molecule has 1 heterocycles. The van der Waals surface area contributed by atoms with Crippen molar-refractivity contribution in [2.45, 2.75) is 33.1 Å². The molecule has 1 saturated heterocycles.